The molecular weight excluding hydrogens is 583 g/mol. The second-order valence-electron chi connectivity index (χ2n) is 15.1. The monoisotopic (exact) mass is 622 g/mol. The van der Waals surface area contributed by atoms with E-state index in [-0.39, 0.29) is 37.2 Å². The van der Waals surface area contributed by atoms with Crippen LogP contribution in [0.2, 0.25) is 0 Å². The molecule has 1 spiro atoms. The first-order valence-corrected chi connectivity index (χ1v) is 15.8. The van der Waals surface area contributed by atoms with E-state index in [1.54, 1.807) is 12.1 Å². The number of alkyl carbamates (subject to hydrolysis) is 1. The first-order valence-electron chi connectivity index (χ1n) is 15.8. The molecule has 4 heterocycles. The summed E-state index contributed by atoms with van der Waals surface area (Å²) < 4.78 is 27.0. The Kier molecular flexibility index (Phi) is 6.63. The molecule has 9 atom stereocenters. The normalized spacial score (nSPS) is 36.0. The zero-order chi connectivity index (χ0) is 32.1. The Morgan fingerprint density at radius 1 is 1.24 bits per heavy atom. The Bertz CT molecular complexity index is 1500. The van der Waals surface area contributed by atoms with E-state index in [1.165, 1.54) is 16.0 Å². The second-order valence-corrected chi connectivity index (χ2v) is 15.1. The number of hydrogen-bond acceptors (Lipinski definition) is 8. The number of aromatic nitrogens is 1. The Morgan fingerprint density at radius 2 is 2.00 bits per heavy atom. The van der Waals surface area contributed by atoms with Crippen LogP contribution in [-0.4, -0.2) is 87.2 Å². The Balaban J connectivity index is 1.20. The van der Waals surface area contributed by atoms with Gasteiger partial charge in [0.05, 0.1) is 12.6 Å². The van der Waals surface area contributed by atoms with Gasteiger partial charge >= 0.3 is 6.09 Å². The lowest BCUT2D eigenvalue weighted by Crippen LogP contribution is -2.60. The van der Waals surface area contributed by atoms with Crippen molar-refractivity contribution in [2.24, 2.45) is 29.1 Å². The van der Waals surface area contributed by atoms with Gasteiger partial charge in [-0.15, -0.1) is 0 Å². The molecule has 13 heteroatoms. The number of anilines is 1. The van der Waals surface area contributed by atoms with Crippen LogP contribution in [0.15, 0.2) is 18.3 Å². The summed E-state index contributed by atoms with van der Waals surface area (Å²) in [4.78, 5) is 62.3. The number of nitrogens with zero attached hydrogens (tertiary/aromatic N) is 4. The second kappa shape index (κ2) is 10.0. The lowest BCUT2D eigenvalue weighted by Gasteiger charge is -2.39. The quantitative estimate of drug-likeness (QED) is 0.520. The number of amides is 4. The van der Waals surface area contributed by atoms with Crippen molar-refractivity contribution in [2.45, 2.75) is 95.3 Å². The molecule has 2 saturated heterocycles. The van der Waals surface area contributed by atoms with Crippen LogP contribution in [0.25, 0.3) is 0 Å². The van der Waals surface area contributed by atoms with Crippen molar-refractivity contribution in [1.82, 2.24) is 20.1 Å². The van der Waals surface area contributed by atoms with E-state index in [2.05, 4.69) is 21.7 Å². The number of likely N-dealkylation sites (tertiary alicyclic amines) is 2. The number of ether oxygens (including phenoxy) is 2. The van der Waals surface area contributed by atoms with Crippen molar-refractivity contribution in [2.75, 3.05) is 18.4 Å². The zero-order valence-electron chi connectivity index (χ0n) is 25.9. The number of carbonyl (C=O) groups excluding carboxylic acids is 4. The van der Waals surface area contributed by atoms with Gasteiger partial charge in [-0.3, -0.25) is 14.4 Å². The van der Waals surface area contributed by atoms with Crippen LogP contribution in [0, 0.1) is 40.4 Å². The standard InChI is InChI=1S/C32H39FN6O6/c1-30(2,3)24(36-29(43)45-31(4)7-8-31)27(41)38-14-19-16-10-18(20(33)11-16)22(19)23(38)26(40)39-15-32(12-17(39)13-34)28(42)37-25-21(44-32)6-5-9-35-25/h5-6,9,16-20,22-24H,7-8,10-12,14-15H2,1-4H3,(H,36,43)(H,35,37,42)/t16-,17-,18+,19+,20+,22-,23-,24+,32+/m0/s1. The average Bonchev–Trinajstić information content (AvgIpc) is 3.35. The molecule has 3 aliphatic carbocycles. The molecule has 240 valence electrons. The number of pyridine rings is 1. The maximum atomic E-state index is 15.3. The van der Waals surface area contributed by atoms with Crippen LogP contribution < -0.4 is 15.4 Å². The molecule has 1 aromatic heterocycles. The highest BCUT2D eigenvalue weighted by atomic mass is 19.1. The van der Waals surface area contributed by atoms with E-state index >= 15 is 4.39 Å². The van der Waals surface area contributed by atoms with Gasteiger partial charge in [-0.2, -0.15) is 5.26 Å². The fourth-order valence-corrected chi connectivity index (χ4v) is 8.39. The highest BCUT2D eigenvalue weighted by molar-refractivity contribution is 6.01. The van der Waals surface area contributed by atoms with E-state index in [9.17, 15) is 24.4 Å². The molecule has 0 aromatic carbocycles. The molecule has 0 radical (unpaired) electrons. The summed E-state index contributed by atoms with van der Waals surface area (Å²) in [7, 11) is 0. The molecule has 6 aliphatic rings. The molecule has 12 nitrogen and oxygen atoms in total. The first-order chi connectivity index (χ1) is 21.2. The van der Waals surface area contributed by atoms with Gasteiger partial charge in [0.15, 0.2) is 11.6 Å². The predicted octanol–water partition coefficient (Wildman–Crippen LogP) is 2.79. The fourth-order valence-electron chi connectivity index (χ4n) is 8.39. The molecular formula is C32H39FN6O6. The highest BCUT2D eigenvalue weighted by Crippen LogP contribution is 2.59. The summed E-state index contributed by atoms with van der Waals surface area (Å²) in [5.41, 5.74) is -2.81. The molecule has 2 bridgehead atoms. The summed E-state index contributed by atoms with van der Waals surface area (Å²) in [5.74, 6) is -1.74. The summed E-state index contributed by atoms with van der Waals surface area (Å²) in [6, 6.07) is 2.40. The summed E-state index contributed by atoms with van der Waals surface area (Å²) in [5, 5.41) is 15.7. The summed E-state index contributed by atoms with van der Waals surface area (Å²) in [6.45, 7) is 7.35. The van der Waals surface area contributed by atoms with Crippen LogP contribution in [0.4, 0.5) is 15.0 Å². The molecule has 3 aliphatic heterocycles. The maximum Gasteiger partial charge on any atom is 0.408 e. The van der Waals surface area contributed by atoms with Gasteiger partial charge in [-0.1, -0.05) is 20.8 Å². The van der Waals surface area contributed by atoms with Gasteiger partial charge in [0.1, 0.15) is 29.9 Å². The molecule has 4 amide bonds. The van der Waals surface area contributed by atoms with Crippen molar-refractivity contribution in [3.8, 4) is 11.8 Å². The molecule has 7 rings (SSSR count). The van der Waals surface area contributed by atoms with Gasteiger partial charge in [-0.05, 0) is 73.8 Å². The topological polar surface area (TPSA) is 154 Å². The zero-order valence-corrected chi connectivity index (χ0v) is 25.9. The third-order valence-corrected chi connectivity index (χ3v) is 11.0. The van der Waals surface area contributed by atoms with Gasteiger partial charge < -0.3 is 29.9 Å². The third-order valence-electron chi connectivity index (χ3n) is 11.0. The van der Waals surface area contributed by atoms with Gasteiger partial charge in [-0.25, -0.2) is 14.2 Å². The van der Waals surface area contributed by atoms with E-state index in [0.29, 0.717) is 18.6 Å². The third kappa shape index (κ3) is 4.79. The van der Waals surface area contributed by atoms with Gasteiger partial charge in [0.2, 0.25) is 17.4 Å². The summed E-state index contributed by atoms with van der Waals surface area (Å²) >= 11 is 0. The van der Waals surface area contributed by atoms with Gasteiger partial charge in [0, 0.05) is 19.2 Å². The number of carbonyl (C=O) groups is 4. The first kappa shape index (κ1) is 29.7. The van der Waals surface area contributed by atoms with Crippen molar-refractivity contribution < 1.29 is 33.0 Å². The van der Waals surface area contributed by atoms with Crippen LogP contribution in [-0.2, 0) is 19.1 Å². The number of rotatable bonds is 4. The Morgan fingerprint density at radius 3 is 2.69 bits per heavy atom. The van der Waals surface area contributed by atoms with E-state index in [4.69, 9.17) is 9.47 Å². The highest BCUT2D eigenvalue weighted by Gasteiger charge is 2.65. The molecule has 3 saturated carbocycles. The van der Waals surface area contributed by atoms with E-state index < -0.39 is 76.6 Å². The van der Waals surface area contributed by atoms with Crippen molar-refractivity contribution in [3.63, 3.8) is 0 Å². The predicted molar refractivity (Wildman–Crippen MR) is 156 cm³/mol. The number of alkyl halides is 1. The summed E-state index contributed by atoms with van der Waals surface area (Å²) in [6.07, 6.45) is 2.20. The van der Waals surface area contributed by atoms with Crippen LogP contribution in [0.3, 0.4) is 0 Å². The van der Waals surface area contributed by atoms with Gasteiger partial charge in [0.25, 0.3) is 5.91 Å². The largest absolute Gasteiger partial charge is 0.472 e. The lowest BCUT2D eigenvalue weighted by molar-refractivity contribution is -0.149. The van der Waals surface area contributed by atoms with Crippen LogP contribution in [0.1, 0.15) is 59.8 Å². The molecule has 2 N–H and O–H groups in total. The van der Waals surface area contributed by atoms with Crippen LogP contribution in [0.5, 0.6) is 5.75 Å². The Labute approximate surface area is 261 Å². The molecule has 0 unspecified atom stereocenters. The number of hydrogen-bond donors (Lipinski definition) is 2. The Hall–Kier alpha value is -3.95. The minimum Gasteiger partial charge on any atom is -0.472 e. The van der Waals surface area contributed by atoms with Crippen molar-refractivity contribution in [1.29, 1.82) is 5.26 Å². The van der Waals surface area contributed by atoms with Crippen LogP contribution >= 0.6 is 0 Å². The SMILES string of the molecule is CC1(OC(=O)N[C@H](C(=O)N2C[C@@H]3[C@H]4C[C@@H]([C@@H]3[C@H]2C(=O)N2C[C@@]3(C[C@H]2C#N)Oc2cccnc2NC3=O)[C@H](F)C4)C(C)(C)C)CC1. The fraction of sp³-hybridized carbons (Fsp3) is 0.688. The van der Waals surface area contributed by atoms with Crippen molar-refractivity contribution in [3.05, 3.63) is 18.3 Å². The average molecular weight is 623 g/mol. The van der Waals surface area contributed by atoms with E-state index in [1.807, 2.05) is 27.7 Å². The lowest BCUT2D eigenvalue weighted by atomic mass is 9.77. The molecule has 5 fully saturated rings. The minimum atomic E-state index is -1.52. The maximum absolute atomic E-state index is 15.3. The van der Waals surface area contributed by atoms with E-state index in [0.717, 1.165) is 12.8 Å². The number of fused-ring (bicyclic) bond motifs is 6. The molecule has 45 heavy (non-hydrogen) atoms. The molecule has 1 aromatic rings. The van der Waals surface area contributed by atoms with Crippen molar-refractivity contribution >= 4 is 29.6 Å². The number of nitrogens with one attached hydrogen (secondary N) is 2. The minimum absolute atomic E-state index is 0.0390. The number of halogens is 1. The number of nitriles is 1. The smallest absolute Gasteiger partial charge is 0.408 e.